The highest BCUT2D eigenvalue weighted by molar-refractivity contribution is 7.99. The highest BCUT2D eigenvalue weighted by atomic mass is 32.2. The Hall–Kier alpha value is -0.810. The molecular formula is C14H20F2N2S. The highest BCUT2D eigenvalue weighted by Gasteiger charge is 2.29. The predicted molar refractivity (Wildman–Crippen MR) is 78.1 cm³/mol. The van der Waals surface area contributed by atoms with Gasteiger partial charge in [0.05, 0.1) is 11.4 Å². The van der Waals surface area contributed by atoms with Crippen molar-refractivity contribution in [3.05, 3.63) is 30.1 Å². The van der Waals surface area contributed by atoms with Gasteiger partial charge in [0.25, 0.3) is 0 Å². The van der Waals surface area contributed by atoms with Crippen molar-refractivity contribution < 1.29 is 8.78 Å². The van der Waals surface area contributed by atoms with Crippen LogP contribution in [0.25, 0.3) is 0 Å². The Morgan fingerprint density at radius 1 is 1.32 bits per heavy atom. The van der Waals surface area contributed by atoms with Gasteiger partial charge in [-0.1, -0.05) is 0 Å². The summed E-state index contributed by atoms with van der Waals surface area (Å²) in [6, 6.07) is 6.35. The molecule has 1 aliphatic rings. The molecular weight excluding hydrogens is 266 g/mol. The van der Waals surface area contributed by atoms with Crippen molar-refractivity contribution >= 4 is 17.4 Å². The van der Waals surface area contributed by atoms with E-state index in [1.807, 2.05) is 6.26 Å². The number of rotatable bonds is 4. The standard InChI is InChI=1S/C14H20F2N2S/c1-11(19-2)18-8-7-17(10-14(18)9-15)13-5-3-12(16)4-6-13/h3-6,11,14H,7-10H2,1-2H3. The van der Waals surface area contributed by atoms with Gasteiger partial charge in [0.15, 0.2) is 0 Å². The summed E-state index contributed by atoms with van der Waals surface area (Å²) in [5.41, 5.74) is 0.969. The van der Waals surface area contributed by atoms with Crippen LogP contribution < -0.4 is 4.90 Å². The zero-order valence-electron chi connectivity index (χ0n) is 11.4. The van der Waals surface area contributed by atoms with Gasteiger partial charge in [-0.2, -0.15) is 0 Å². The van der Waals surface area contributed by atoms with E-state index in [1.165, 1.54) is 12.1 Å². The Labute approximate surface area is 117 Å². The number of thioether (sulfide) groups is 1. The van der Waals surface area contributed by atoms with Crippen LogP contribution in [-0.2, 0) is 0 Å². The van der Waals surface area contributed by atoms with Crippen molar-refractivity contribution in [3.8, 4) is 0 Å². The van der Waals surface area contributed by atoms with E-state index < -0.39 is 0 Å². The van der Waals surface area contributed by atoms with E-state index in [9.17, 15) is 8.78 Å². The van der Waals surface area contributed by atoms with Crippen LogP contribution in [0.1, 0.15) is 6.92 Å². The van der Waals surface area contributed by atoms with Crippen LogP contribution in [0.15, 0.2) is 24.3 Å². The number of halogens is 2. The molecule has 1 aromatic rings. The quantitative estimate of drug-likeness (QED) is 0.840. The molecule has 19 heavy (non-hydrogen) atoms. The lowest BCUT2D eigenvalue weighted by atomic mass is 10.1. The number of anilines is 1. The number of alkyl halides is 1. The molecule has 0 amide bonds. The Kier molecular flexibility index (Phi) is 5.05. The van der Waals surface area contributed by atoms with Gasteiger partial charge in [-0.15, -0.1) is 11.8 Å². The molecule has 1 heterocycles. The van der Waals surface area contributed by atoms with E-state index >= 15 is 0 Å². The zero-order valence-corrected chi connectivity index (χ0v) is 12.2. The summed E-state index contributed by atoms with van der Waals surface area (Å²) in [5, 5.41) is 0.330. The zero-order chi connectivity index (χ0) is 13.8. The minimum absolute atomic E-state index is 0.0822. The molecule has 0 spiro atoms. The summed E-state index contributed by atoms with van der Waals surface area (Å²) in [7, 11) is 0. The molecule has 1 fully saturated rings. The summed E-state index contributed by atoms with van der Waals surface area (Å²) in [6.07, 6.45) is 2.05. The Morgan fingerprint density at radius 3 is 2.58 bits per heavy atom. The van der Waals surface area contributed by atoms with E-state index in [2.05, 4.69) is 16.7 Å². The second-order valence-electron chi connectivity index (χ2n) is 4.80. The van der Waals surface area contributed by atoms with Crippen molar-refractivity contribution in [2.45, 2.75) is 18.3 Å². The fraction of sp³-hybridized carbons (Fsp3) is 0.571. The predicted octanol–water partition coefficient (Wildman–Crippen LogP) is 2.99. The van der Waals surface area contributed by atoms with Gasteiger partial charge in [-0.05, 0) is 37.4 Å². The van der Waals surface area contributed by atoms with Crippen LogP contribution in [0, 0.1) is 5.82 Å². The molecule has 2 nitrogen and oxygen atoms in total. The number of nitrogens with zero attached hydrogens (tertiary/aromatic N) is 2. The molecule has 106 valence electrons. The van der Waals surface area contributed by atoms with Crippen LogP contribution in [0.4, 0.5) is 14.5 Å². The molecule has 0 aliphatic carbocycles. The van der Waals surface area contributed by atoms with Gasteiger partial charge in [0, 0.05) is 25.3 Å². The van der Waals surface area contributed by atoms with Crippen LogP contribution >= 0.6 is 11.8 Å². The van der Waals surface area contributed by atoms with E-state index in [-0.39, 0.29) is 18.5 Å². The maximum Gasteiger partial charge on any atom is 0.123 e. The first-order chi connectivity index (χ1) is 9.15. The van der Waals surface area contributed by atoms with Gasteiger partial charge >= 0.3 is 0 Å². The van der Waals surface area contributed by atoms with Crippen molar-refractivity contribution in [1.29, 1.82) is 0 Å². The molecule has 2 unspecified atom stereocenters. The Morgan fingerprint density at radius 2 is 2.00 bits per heavy atom. The number of piperazine rings is 1. The lowest BCUT2D eigenvalue weighted by molar-refractivity contribution is 0.143. The first-order valence-corrected chi connectivity index (χ1v) is 7.79. The van der Waals surface area contributed by atoms with Crippen molar-refractivity contribution in [3.63, 3.8) is 0 Å². The normalized spacial score (nSPS) is 22.5. The van der Waals surface area contributed by atoms with Crippen LogP contribution in [-0.4, -0.2) is 48.9 Å². The Balaban J connectivity index is 2.06. The highest BCUT2D eigenvalue weighted by Crippen LogP contribution is 2.23. The van der Waals surface area contributed by atoms with Gasteiger partial charge in [-0.25, -0.2) is 8.78 Å². The second-order valence-corrected chi connectivity index (χ2v) is 5.96. The first-order valence-electron chi connectivity index (χ1n) is 6.50. The van der Waals surface area contributed by atoms with Crippen LogP contribution in [0.3, 0.4) is 0 Å². The van der Waals surface area contributed by atoms with Crippen molar-refractivity contribution in [1.82, 2.24) is 4.90 Å². The van der Waals surface area contributed by atoms with Crippen LogP contribution in [0.5, 0.6) is 0 Å². The van der Waals surface area contributed by atoms with E-state index in [1.54, 1.807) is 23.9 Å². The molecule has 2 rings (SSSR count). The summed E-state index contributed by atoms with van der Waals surface area (Å²) in [4.78, 5) is 4.35. The van der Waals surface area contributed by atoms with Crippen molar-refractivity contribution in [2.24, 2.45) is 0 Å². The van der Waals surface area contributed by atoms with Gasteiger partial charge < -0.3 is 4.90 Å². The molecule has 1 aliphatic heterocycles. The maximum atomic E-state index is 13.2. The van der Waals surface area contributed by atoms with Gasteiger partial charge in [-0.3, -0.25) is 4.90 Å². The number of benzene rings is 1. The summed E-state index contributed by atoms with van der Waals surface area (Å²) >= 11 is 1.74. The number of hydrogen-bond acceptors (Lipinski definition) is 3. The van der Waals surface area contributed by atoms with Crippen molar-refractivity contribution in [2.75, 3.05) is 37.5 Å². The molecule has 0 N–H and O–H groups in total. The molecule has 0 radical (unpaired) electrons. The molecule has 0 saturated carbocycles. The molecule has 0 bridgehead atoms. The second kappa shape index (κ2) is 6.57. The Bertz CT molecular complexity index is 399. The summed E-state index contributed by atoms with van der Waals surface area (Å²) in [5.74, 6) is -0.236. The smallest absolute Gasteiger partial charge is 0.123 e. The molecule has 1 aromatic carbocycles. The fourth-order valence-electron chi connectivity index (χ4n) is 2.51. The lowest BCUT2D eigenvalue weighted by Crippen LogP contribution is -2.56. The number of hydrogen-bond donors (Lipinski definition) is 0. The fourth-order valence-corrected chi connectivity index (χ4v) is 3.06. The maximum absolute atomic E-state index is 13.2. The van der Waals surface area contributed by atoms with Crippen LogP contribution in [0.2, 0.25) is 0 Å². The lowest BCUT2D eigenvalue weighted by Gasteiger charge is -2.43. The average molecular weight is 286 g/mol. The molecule has 0 aromatic heterocycles. The SMILES string of the molecule is CSC(C)N1CCN(c2ccc(F)cc2)CC1CF. The van der Waals surface area contributed by atoms with E-state index in [0.717, 1.165) is 18.8 Å². The topological polar surface area (TPSA) is 6.48 Å². The minimum Gasteiger partial charge on any atom is -0.369 e. The molecule has 1 saturated heterocycles. The first kappa shape index (κ1) is 14.6. The van der Waals surface area contributed by atoms with E-state index in [4.69, 9.17) is 0 Å². The average Bonchev–Trinajstić information content (AvgIpc) is 2.46. The third kappa shape index (κ3) is 3.39. The molecule has 2 atom stereocenters. The van der Waals surface area contributed by atoms with Gasteiger partial charge in [0.2, 0.25) is 0 Å². The van der Waals surface area contributed by atoms with Gasteiger partial charge in [0.1, 0.15) is 12.5 Å². The molecule has 5 heteroatoms. The summed E-state index contributed by atoms with van der Waals surface area (Å²) < 4.78 is 26.2. The van der Waals surface area contributed by atoms with E-state index in [0.29, 0.717) is 11.9 Å². The third-order valence-electron chi connectivity index (χ3n) is 3.71. The third-order valence-corrected chi connectivity index (χ3v) is 4.66. The minimum atomic E-state index is -0.345. The monoisotopic (exact) mass is 286 g/mol. The summed E-state index contributed by atoms with van der Waals surface area (Å²) in [6.45, 7) is 4.12. The largest absolute Gasteiger partial charge is 0.369 e.